The van der Waals surface area contributed by atoms with Crippen molar-refractivity contribution in [1.82, 2.24) is 9.55 Å². The molecule has 0 amide bonds. The predicted molar refractivity (Wildman–Crippen MR) is 78.3 cm³/mol. The second-order valence-electron chi connectivity index (χ2n) is 4.80. The summed E-state index contributed by atoms with van der Waals surface area (Å²) in [6.45, 7) is 2.83. The van der Waals surface area contributed by atoms with Crippen molar-refractivity contribution in [3.05, 3.63) is 53.8 Å². The standard InChI is InChI=1S/C16H16N2O3/c1-3-15-17-6-7-18(15)10-11-4-5-13-12(8-11)9-14(21-13)16(19)20-2/h4-9H,3,10H2,1-2H3. The van der Waals surface area contributed by atoms with E-state index in [1.54, 1.807) is 6.07 Å². The summed E-state index contributed by atoms with van der Waals surface area (Å²) >= 11 is 0. The van der Waals surface area contributed by atoms with Crippen LogP contribution in [-0.2, 0) is 17.7 Å². The highest BCUT2D eigenvalue weighted by molar-refractivity contribution is 5.92. The molecule has 21 heavy (non-hydrogen) atoms. The fraction of sp³-hybridized carbons (Fsp3) is 0.250. The third kappa shape index (κ3) is 2.54. The lowest BCUT2D eigenvalue weighted by molar-refractivity contribution is 0.0567. The van der Waals surface area contributed by atoms with Gasteiger partial charge in [0, 0.05) is 30.7 Å². The van der Waals surface area contributed by atoms with Crippen LogP contribution in [0, 0.1) is 0 Å². The second-order valence-corrected chi connectivity index (χ2v) is 4.80. The summed E-state index contributed by atoms with van der Waals surface area (Å²) < 4.78 is 12.2. The second kappa shape index (κ2) is 5.44. The number of ether oxygens (including phenoxy) is 1. The maximum absolute atomic E-state index is 11.5. The molecule has 0 saturated heterocycles. The molecule has 3 rings (SSSR count). The highest BCUT2D eigenvalue weighted by Crippen LogP contribution is 2.22. The molecule has 0 atom stereocenters. The largest absolute Gasteiger partial charge is 0.463 e. The first kappa shape index (κ1) is 13.4. The van der Waals surface area contributed by atoms with Gasteiger partial charge in [0.1, 0.15) is 11.4 Å². The number of nitrogens with zero attached hydrogens (tertiary/aromatic N) is 2. The number of methoxy groups -OCH3 is 1. The van der Waals surface area contributed by atoms with E-state index >= 15 is 0 Å². The van der Waals surface area contributed by atoms with Crippen molar-refractivity contribution in [2.24, 2.45) is 0 Å². The molecule has 0 unspecified atom stereocenters. The monoisotopic (exact) mass is 284 g/mol. The van der Waals surface area contributed by atoms with Crippen molar-refractivity contribution in [3.63, 3.8) is 0 Å². The number of aryl methyl sites for hydroxylation is 1. The Labute approximate surface area is 122 Å². The lowest BCUT2D eigenvalue weighted by Crippen LogP contribution is -2.03. The number of hydrogen-bond donors (Lipinski definition) is 0. The Morgan fingerprint density at radius 1 is 1.38 bits per heavy atom. The molecule has 2 aromatic heterocycles. The van der Waals surface area contributed by atoms with Gasteiger partial charge in [-0.05, 0) is 23.8 Å². The fourth-order valence-corrected chi connectivity index (χ4v) is 2.39. The molecule has 1 aromatic carbocycles. The summed E-state index contributed by atoms with van der Waals surface area (Å²) in [5, 5.41) is 0.895. The van der Waals surface area contributed by atoms with Crippen LogP contribution < -0.4 is 0 Å². The zero-order chi connectivity index (χ0) is 14.8. The first-order valence-electron chi connectivity index (χ1n) is 6.82. The summed E-state index contributed by atoms with van der Waals surface area (Å²) in [7, 11) is 1.34. The Morgan fingerprint density at radius 2 is 2.24 bits per heavy atom. The molecule has 2 heterocycles. The number of carbonyl (C=O) groups is 1. The molecular formula is C16H16N2O3. The number of imidazole rings is 1. The summed E-state index contributed by atoms with van der Waals surface area (Å²) in [5.41, 5.74) is 1.81. The highest BCUT2D eigenvalue weighted by Gasteiger charge is 2.12. The number of rotatable bonds is 4. The molecule has 0 fully saturated rings. The van der Waals surface area contributed by atoms with Gasteiger partial charge in [-0.25, -0.2) is 9.78 Å². The zero-order valence-corrected chi connectivity index (χ0v) is 12.0. The van der Waals surface area contributed by atoms with E-state index in [0.29, 0.717) is 5.58 Å². The van der Waals surface area contributed by atoms with E-state index in [1.807, 2.05) is 30.6 Å². The number of hydrogen-bond acceptors (Lipinski definition) is 4. The Morgan fingerprint density at radius 3 is 3.00 bits per heavy atom. The van der Waals surface area contributed by atoms with Crippen LogP contribution in [0.2, 0.25) is 0 Å². The van der Waals surface area contributed by atoms with E-state index in [1.165, 1.54) is 7.11 Å². The minimum atomic E-state index is -0.462. The minimum absolute atomic E-state index is 0.224. The lowest BCUT2D eigenvalue weighted by atomic mass is 10.1. The molecule has 0 spiro atoms. The maximum Gasteiger partial charge on any atom is 0.373 e. The van der Waals surface area contributed by atoms with Crippen molar-refractivity contribution >= 4 is 16.9 Å². The average Bonchev–Trinajstić information content (AvgIpc) is 3.12. The third-order valence-corrected chi connectivity index (χ3v) is 3.44. The topological polar surface area (TPSA) is 57.3 Å². The number of fused-ring (bicyclic) bond motifs is 1. The lowest BCUT2D eigenvalue weighted by Gasteiger charge is -2.06. The van der Waals surface area contributed by atoms with Crippen molar-refractivity contribution in [2.45, 2.75) is 19.9 Å². The Balaban J connectivity index is 1.92. The molecule has 0 aliphatic rings. The van der Waals surface area contributed by atoms with Crippen LogP contribution in [0.5, 0.6) is 0 Å². The van der Waals surface area contributed by atoms with Gasteiger partial charge < -0.3 is 13.7 Å². The van der Waals surface area contributed by atoms with Crippen LogP contribution in [-0.4, -0.2) is 22.6 Å². The van der Waals surface area contributed by atoms with Gasteiger partial charge in [0.25, 0.3) is 0 Å². The number of carbonyl (C=O) groups excluding carboxylic acids is 1. The van der Waals surface area contributed by atoms with Crippen LogP contribution >= 0.6 is 0 Å². The Kier molecular flexibility index (Phi) is 3.48. The maximum atomic E-state index is 11.5. The molecule has 0 radical (unpaired) electrons. The number of benzene rings is 1. The van der Waals surface area contributed by atoms with Crippen LogP contribution in [0.15, 0.2) is 41.1 Å². The molecule has 0 N–H and O–H groups in total. The summed E-state index contributed by atoms with van der Waals surface area (Å²) in [5.74, 6) is 0.815. The van der Waals surface area contributed by atoms with Gasteiger partial charge in [0.05, 0.1) is 7.11 Å². The van der Waals surface area contributed by atoms with E-state index < -0.39 is 5.97 Å². The van der Waals surface area contributed by atoms with Crippen molar-refractivity contribution in [1.29, 1.82) is 0 Å². The van der Waals surface area contributed by atoms with Crippen LogP contribution in [0.25, 0.3) is 11.0 Å². The molecule has 5 nitrogen and oxygen atoms in total. The first-order chi connectivity index (χ1) is 10.2. The Hall–Kier alpha value is -2.56. The quantitative estimate of drug-likeness (QED) is 0.691. The van der Waals surface area contributed by atoms with Gasteiger partial charge in [-0.1, -0.05) is 13.0 Å². The van der Waals surface area contributed by atoms with Gasteiger partial charge in [-0.3, -0.25) is 0 Å². The van der Waals surface area contributed by atoms with Gasteiger partial charge in [0.15, 0.2) is 0 Å². The molecule has 0 bridgehead atoms. The van der Waals surface area contributed by atoms with Crippen molar-refractivity contribution in [3.8, 4) is 0 Å². The average molecular weight is 284 g/mol. The normalized spacial score (nSPS) is 11.0. The number of furan rings is 1. The van der Waals surface area contributed by atoms with Crippen LogP contribution in [0.1, 0.15) is 28.9 Å². The summed E-state index contributed by atoms with van der Waals surface area (Å²) in [6.07, 6.45) is 4.68. The number of aromatic nitrogens is 2. The number of esters is 1. The third-order valence-electron chi connectivity index (χ3n) is 3.44. The molecule has 0 aliphatic carbocycles. The molecule has 3 aromatic rings. The minimum Gasteiger partial charge on any atom is -0.463 e. The van der Waals surface area contributed by atoms with E-state index in [9.17, 15) is 4.79 Å². The molecule has 5 heteroatoms. The summed E-state index contributed by atoms with van der Waals surface area (Å²) in [4.78, 5) is 15.8. The van der Waals surface area contributed by atoms with E-state index in [2.05, 4.69) is 21.2 Å². The van der Waals surface area contributed by atoms with Gasteiger partial charge in [-0.2, -0.15) is 0 Å². The molecule has 0 saturated carbocycles. The Bertz CT molecular complexity index is 786. The van der Waals surface area contributed by atoms with Crippen LogP contribution in [0.4, 0.5) is 0 Å². The first-order valence-corrected chi connectivity index (χ1v) is 6.82. The summed E-state index contributed by atoms with van der Waals surface area (Å²) in [6, 6.07) is 7.59. The van der Waals surface area contributed by atoms with E-state index in [0.717, 1.165) is 29.7 Å². The van der Waals surface area contributed by atoms with Crippen molar-refractivity contribution < 1.29 is 13.9 Å². The highest BCUT2D eigenvalue weighted by atomic mass is 16.5. The van der Waals surface area contributed by atoms with Crippen LogP contribution in [0.3, 0.4) is 0 Å². The predicted octanol–water partition coefficient (Wildman–Crippen LogP) is 3.03. The molecular weight excluding hydrogens is 268 g/mol. The molecule has 0 aliphatic heterocycles. The fourth-order valence-electron chi connectivity index (χ4n) is 2.39. The molecule has 108 valence electrons. The smallest absolute Gasteiger partial charge is 0.373 e. The SMILES string of the molecule is CCc1nccn1Cc1ccc2oc(C(=O)OC)cc2c1. The van der Waals surface area contributed by atoms with Gasteiger partial charge >= 0.3 is 5.97 Å². The van der Waals surface area contributed by atoms with E-state index in [-0.39, 0.29) is 5.76 Å². The van der Waals surface area contributed by atoms with Crippen molar-refractivity contribution in [2.75, 3.05) is 7.11 Å². The zero-order valence-electron chi connectivity index (χ0n) is 12.0. The van der Waals surface area contributed by atoms with E-state index in [4.69, 9.17) is 4.42 Å². The van der Waals surface area contributed by atoms with Gasteiger partial charge in [-0.15, -0.1) is 0 Å². The van der Waals surface area contributed by atoms with Gasteiger partial charge in [0.2, 0.25) is 5.76 Å².